The second-order valence-electron chi connectivity index (χ2n) is 5.65. The van der Waals surface area contributed by atoms with E-state index in [-0.39, 0.29) is 6.10 Å². The van der Waals surface area contributed by atoms with Gasteiger partial charge in [-0.15, -0.1) is 0 Å². The van der Waals surface area contributed by atoms with Gasteiger partial charge in [-0.05, 0) is 66.5 Å². The lowest BCUT2D eigenvalue weighted by molar-refractivity contribution is 0.175. The molecular weight excluding hydrogens is 312 g/mol. The highest BCUT2D eigenvalue weighted by atomic mass is 79.9. The summed E-state index contributed by atoms with van der Waals surface area (Å²) in [7, 11) is 0. The molecule has 3 rings (SSSR count). The normalized spacial score (nSPS) is 15.1. The Labute approximate surface area is 128 Å². The average Bonchev–Trinajstić information content (AvgIpc) is 2.89. The number of hydrogen-bond donors (Lipinski definition) is 1. The summed E-state index contributed by atoms with van der Waals surface area (Å²) in [5.74, 6) is 0. The van der Waals surface area contributed by atoms with Crippen LogP contribution in [0.1, 0.15) is 28.7 Å². The number of aliphatic hydroxyl groups excluding tert-OH is 1. The van der Waals surface area contributed by atoms with Crippen molar-refractivity contribution in [3.8, 4) is 0 Å². The molecular formula is C18H19BrO. The van der Waals surface area contributed by atoms with E-state index in [0.29, 0.717) is 6.42 Å². The first kappa shape index (κ1) is 13.8. The van der Waals surface area contributed by atoms with Crippen molar-refractivity contribution in [1.29, 1.82) is 0 Å². The zero-order valence-electron chi connectivity index (χ0n) is 11.5. The van der Waals surface area contributed by atoms with Crippen molar-refractivity contribution in [3.05, 3.63) is 69.2 Å². The van der Waals surface area contributed by atoms with Crippen molar-refractivity contribution in [3.63, 3.8) is 0 Å². The van der Waals surface area contributed by atoms with E-state index in [0.717, 1.165) is 10.9 Å². The molecule has 0 spiro atoms. The number of hydrogen-bond acceptors (Lipinski definition) is 1. The van der Waals surface area contributed by atoms with Crippen LogP contribution in [-0.2, 0) is 25.7 Å². The van der Waals surface area contributed by atoms with Crippen LogP contribution in [0.4, 0.5) is 0 Å². The predicted molar refractivity (Wildman–Crippen MR) is 86.0 cm³/mol. The molecule has 1 unspecified atom stereocenters. The molecule has 20 heavy (non-hydrogen) atoms. The number of halogens is 1. The highest BCUT2D eigenvalue weighted by Gasteiger charge is 2.13. The topological polar surface area (TPSA) is 20.2 Å². The Morgan fingerprint density at radius 1 is 0.900 bits per heavy atom. The lowest BCUT2D eigenvalue weighted by atomic mass is 9.98. The maximum Gasteiger partial charge on any atom is 0.0620 e. The van der Waals surface area contributed by atoms with Crippen LogP contribution in [-0.4, -0.2) is 11.2 Å². The highest BCUT2D eigenvalue weighted by molar-refractivity contribution is 9.10. The first-order chi connectivity index (χ1) is 9.70. The lowest BCUT2D eigenvalue weighted by Gasteiger charge is -2.12. The van der Waals surface area contributed by atoms with Crippen molar-refractivity contribution < 1.29 is 5.11 Å². The second-order valence-corrected chi connectivity index (χ2v) is 6.56. The number of aryl methyl sites for hydroxylation is 2. The summed E-state index contributed by atoms with van der Waals surface area (Å²) in [6.45, 7) is 0. The zero-order valence-corrected chi connectivity index (χ0v) is 13.1. The Kier molecular flexibility index (Phi) is 4.23. The van der Waals surface area contributed by atoms with Gasteiger partial charge >= 0.3 is 0 Å². The summed E-state index contributed by atoms with van der Waals surface area (Å²) in [5, 5.41) is 10.3. The molecule has 0 radical (unpaired) electrons. The molecule has 104 valence electrons. The van der Waals surface area contributed by atoms with Gasteiger partial charge in [0.05, 0.1) is 6.10 Å². The smallest absolute Gasteiger partial charge is 0.0620 e. The van der Waals surface area contributed by atoms with Crippen molar-refractivity contribution in [1.82, 2.24) is 0 Å². The first-order valence-electron chi connectivity index (χ1n) is 7.24. The fourth-order valence-corrected chi connectivity index (χ4v) is 3.25. The Morgan fingerprint density at radius 2 is 1.55 bits per heavy atom. The van der Waals surface area contributed by atoms with Crippen molar-refractivity contribution in [2.75, 3.05) is 0 Å². The minimum atomic E-state index is -0.310. The third kappa shape index (κ3) is 3.31. The quantitative estimate of drug-likeness (QED) is 0.895. The van der Waals surface area contributed by atoms with Gasteiger partial charge in [-0.2, -0.15) is 0 Å². The van der Waals surface area contributed by atoms with E-state index >= 15 is 0 Å². The van der Waals surface area contributed by atoms with Gasteiger partial charge in [-0.3, -0.25) is 0 Å². The van der Waals surface area contributed by atoms with Gasteiger partial charge in [0.1, 0.15) is 0 Å². The highest BCUT2D eigenvalue weighted by Crippen LogP contribution is 2.23. The van der Waals surface area contributed by atoms with Crippen LogP contribution >= 0.6 is 15.9 Å². The third-order valence-electron chi connectivity index (χ3n) is 4.02. The van der Waals surface area contributed by atoms with Crippen LogP contribution in [0.3, 0.4) is 0 Å². The fourth-order valence-electron chi connectivity index (χ4n) is 2.99. The van der Waals surface area contributed by atoms with Crippen LogP contribution in [0.15, 0.2) is 46.9 Å². The van der Waals surface area contributed by atoms with Gasteiger partial charge in [0.15, 0.2) is 0 Å². The second kappa shape index (κ2) is 6.11. The first-order valence-corrected chi connectivity index (χ1v) is 8.03. The number of aliphatic hydroxyl groups is 1. The summed E-state index contributed by atoms with van der Waals surface area (Å²) in [6, 6.07) is 14.9. The Morgan fingerprint density at radius 3 is 2.35 bits per heavy atom. The van der Waals surface area contributed by atoms with Crippen LogP contribution in [0.2, 0.25) is 0 Å². The molecule has 1 aliphatic carbocycles. The summed E-state index contributed by atoms with van der Waals surface area (Å²) >= 11 is 3.43. The van der Waals surface area contributed by atoms with E-state index in [1.165, 1.54) is 41.5 Å². The molecule has 0 amide bonds. The number of fused-ring (bicyclic) bond motifs is 1. The maximum absolute atomic E-state index is 10.3. The maximum atomic E-state index is 10.3. The minimum absolute atomic E-state index is 0.310. The molecule has 0 saturated carbocycles. The van der Waals surface area contributed by atoms with Crippen LogP contribution < -0.4 is 0 Å². The van der Waals surface area contributed by atoms with Gasteiger partial charge in [-0.1, -0.05) is 46.3 Å². The van der Waals surface area contributed by atoms with E-state index in [1.54, 1.807) is 0 Å². The Hall–Kier alpha value is -1.12. The third-order valence-corrected chi connectivity index (χ3v) is 4.55. The van der Waals surface area contributed by atoms with E-state index in [1.807, 2.05) is 12.1 Å². The lowest BCUT2D eigenvalue weighted by Crippen LogP contribution is -2.14. The van der Waals surface area contributed by atoms with Crippen molar-refractivity contribution >= 4 is 15.9 Å². The van der Waals surface area contributed by atoms with Gasteiger partial charge in [0.25, 0.3) is 0 Å². The predicted octanol–water partition coefficient (Wildman–Crippen LogP) is 4.08. The minimum Gasteiger partial charge on any atom is -0.392 e. The van der Waals surface area contributed by atoms with Crippen LogP contribution in [0.25, 0.3) is 0 Å². The molecule has 1 aliphatic rings. The molecule has 2 aromatic carbocycles. The largest absolute Gasteiger partial charge is 0.392 e. The number of rotatable bonds is 4. The summed E-state index contributed by atoms with van der Waals surface area (Å²) in [4.78, 5) is 0. The molecule has 0 fully saturated rings. The van der Waals surface area contributed by atoms with Gasteiger partial charge in [0, 0.05) is 4.47 Å². The van der Waals surface area contributed by atoms with E-state index < -0.39 is 0 Å². The standard InChI is InChI=1S/C18H19BrO/c19-17-8-5-13(6-9-17)11-18(20)12-14-4-7-15-2-1-3-16(15)10-14/h4-10,18,20H,1-3,11-12H2. The summed E-state index contributed by atoms with van der Waals surface area (Å²) in [5.41, 5.74) is 5.42. The van der Waals surface area contributed by atoms with Gasteiger partial charge in [-0.25, -0.2) is 0 Å². The molecule has 0 heterocycles. The summed E-state index contributed by atoms with van der Waals surface area (Å²) < 4.78 is 1.08. The van der Waals surface area contributed by atoms with E-state index in [4.69, 9.17) is 0 Å². The molecule has 1 atom stereocenters. The summed E-state index contributed by atoms with van der Waals surface area (Å²) in [6.07, 6.45) is 4.84. The monoisotopic (exact) mass is 330 g/mol. The Bertz CT molecular complexity index is 589. The molecule has 2 aromatic rings. The molecule has 0 bridgehead atoms. The number of benzene rings is 2. The van der Waals surface area contributed by atoms with Gasteiger partial charge < -0.3 is 5.11 Å². The van der Waals surface area contributed by atoms with Crippen LogP contribution in [0, 0.1) is 0 Å². The average molecular weight is 331 g/mol. The van der Waals surface area contributed by atoms with Crippen molar-refractivity contribution in [2.45, 2.75) is 38.2 Å². The molecule has 0 aliphatic heterocycles. The molecule has 0 aromatic heterocycles. The van der Waals surface area contributed by atoms with Crippen LogP contribution in [0.5, 0.6) is 0 Å². The SMILES string of the molecule is OC(Cc1ccc(Br)cc1)Cc1ccc2c(c1)CCC2. The Balaban J connectivity index is 1.63. The fraction of sp³-hybridized carbons (Fsp3) is 0.333. The van der Waals surface area contributed by atoms with E-state index in [9.17, 15) is 5.11 Å². The van der Waals surface area contributed by atoms with Crippen molar-refractivity contribution in [2.24, 2.45) is 0 Å². The molecule has 1 nitrogen and oxygen atoms in total. The zero-order chi connectivity index (χ0) is 13.9. The van der Waals surface area contributed by atoms with Gasteiger partial charge in [0.2, 0.25) is 0 Å². The van der Waals surface area contributed by atoms with E-state index in [2.05, 4.69) is 46.3 Å². The molecule has 2 heteroatoms. The molecule has 0 saturated heterocycles. The molecule has 1 N–H and O–H groups in total.